The molecule has 4 rings (SSSR count). The molecule has 0 atom stereocenters. The fraction of sp³-hybridized carbons (Fsp3) is 0.267. The van der Waals surface area contributed by atoms with Crippen LogP contribution in [-0.2, 0) is 12.7 Å². The van der Waals surface area contributed by atoms with Gasteiger partial charge in [0.1, 0.15) is 0 Å². The van der Waals surface area contributed by atoms with E-state index in [0.717, 1.165) is 10.2 Å². The van der Waals surface area contributed by atoms with E-state index in [9.17, 15) is 13.2 Å². The van der Waals surface area contributed by atoms with E-state index in [2.05, 4.69) is 30.7 Å². The lowest BCUT2D eigenvalue weighted by molar-refractivity contribution is -0.146. The Labute approximate surface area is 144 Å². The molecule has 0 aliphatic carbocycles. The summed E-state index contributed by atoms with van der Waals surface area (Å²) in [5.41, 5.74) is 2.82. The van der Waals surface area contributed by atoms with Crippen molar-refractivity contribution in [2.45, 2.75) is 26.6 Å². The van der Waals surface area contributed by atoms with Gasteiger partial charge >= 0.3 is 6.18 Å². The Morgan fingerprint density at radius 1 is 1.04 bits per heavy atom. The molecule has 0 saturated carbocycles. The standard InChI is InChI=1S/C15H13F3N8/c1-8-9(2)13-22-23-14(15(16,17)18)26(13)24-12(8)20-7-10-3-5-19-11-4-6-21-25(10)11/h3-6H,7H2,1-2H3,(H,20,24). The number of nitrogens with one attached hydrogen (secondary N) is 1. The third-order valence-electron chi connectivity index (χ3n) is 4.15. The number of nitrogens with zero attached hydrogens (tertiary/aromatic N) is 7. The Morgan fingerprint density at radius 3 is 2.62 bits per heavy atom. The Morgan fingerprint density at radius 2 is 1.85 bits per heavy atom. The highest BCUT2D eigenvalue weighted by Gasteiger charge is 2.38. The van der Waals surface area contributed by atoms with Crippen molar-refractivity contribution in [2.24, 2.45) is 0 Å². The highest BCUT2D eigenvalue weighted by molar-refractivity contribution is 5.58. The van der Waals surface area contributed by atoms with Crippen molar-refractivity contribution in [3.63, 3.8) is 0 Å². The molecule has 0 spiro atoms. The first-order valence-electron chi connectivity index (χ1n) is 7.67. The van der Waals surface area contributed by atoms with Crippen LogP contribution in [0.2, 0.25) is 0 Å². The van der Waals surface area contributed by atoms with Crippen molar-refractivity contribution >= 4 is 17.1 Å². The molecule has 11 heteroatoms. The van der Waals surface area contributed by atoms with Crippen LogP contribution in [0.1, 0.15) is 22.6 Å². The van der Waals surface area contributed by atoms with Crippen molar-refractivity contribution in [1.29, 1.82) is 0 Å². The molecule has 0 amide bonds. The minimum absolute atomic E-state index is 0.0822. The number of hydrogen-bond donors (Lipinski definition) is 1. The Kier molecular flexibility index (Phi) is 3.53. The van der Waals surface area contributed by atoms with Crippen molar-refractivity contribution in [2.75, 3.05) is 5.32 Å². The molecule has 0 bridgehead atoms. The quantitative estimate of drug-likeness (QED) is 0.602. The van der Waals surface area contributed by atoms with E-state index >= 15 is 0 Å². The lowest BCUT2D eigenvalue weighted by Gasteiger charge is -2.13. The Hall–Kier alpha value is -3.24. The van der Waals surface area contributed by atoms with Gasteiger partial charge in [0.15, 0.2) is 17.1 Å². The average Bonchev–Trinajstić information content (AvgIpc) is 3.23. The first kappa shape index (κ1) is 16.2. The minimum Gasteiger partial charge on any atom is -0.363 e. The second kappa shape index (κ2) is 5.64. The number of rotatable bonds is 3. The molecule has 4 aromatic rings. The van der Waals surface area contributed by atoms with Gasteiger partial charge in [-0.15, -0.1) is 15.3 Å². The maximum Gasteiger partial charge on any atom is 0.453 e. The molecule has 8 nitrogen and oxygen atoms in total. The van der Waals surface area contributed by atoms with Crippen LogP contribution in [0.3, 0.4) is 0 Å². The normalized spacial score (nSPS) is 12.2. The summed E-state index contributed by atoms with van der Waals surface area (Å²) in [6.07, 6.45) is -1.37. The molecular formula is C15H13F3N8. The number of anilines is 1. The van der Waals surface area contributed by atoms with E-state index in [1.807, 2.05) is 0 Å². The SMILES string of the molecule is Cc1c(NCc2ccnc3ccnn23)nn2c(C(F)(F)F)nnc2c1C. The summed E-state index contributed by atoms with van der Waals surface area (Å²) in [5, 5.41) is 18.2. The number of aryl methyl sites for hydroxylation is 1. The van der Waals surface area contributed by atoms with Crippen LogP contribution in [0, 0.1) is 13.8 Å². The van der Waals surface area contributed by atoms with E-state index in [4.69, 9.17) is 0 Å². The van der Waals surface area contributed by atoms with Crippen LogP contribution in [0.5, 0.6) is 0 Å². The predicted molar refractivity (Wildman–Crippen MR) is 85.6 cm³/mol. The van der Waals surface area contributed by atoms with Crippen molar-refractivity contribution in [3.05, 3.63) is 47.2 Å². The van der Waals surface area contributed by atoms with Crippen LogP contribution in [-0.4, -0.2) is 34.4 Å². The van der Waals surface area contributed by atoms with E-state index < -0.39 is 12.0 Å². The zero-order chi connectivity index (χ0) is 18.5. The van der Waals surface area contributed by atoms with Gasteiger partial charge in [0.05, 0.1) is 18.4 Å². The van der Waals surface area contributed by atoms with E-state index in [0.29, 0.717) is 29.1 Å². The minimum atomic E-state index is -4.64. The van der Waals surface area contributed by atoms with Crippen LogP contribution in [0.4, 0.5) is 19.0 Å². The fourth-order valence-electron chi connectivity index (χ4n) is 2.67. The number of aromatic nitrogens is 7. The van der Waals surface area contributed by atoms with Gasteiger partial charge in [0, 0.05) is 17.8 Å². The number of fused-ring (bicyclic) bond motifs is 2. The van der Waals surface area contributed by atoms with Crippen LogP contribution < -0.4 is 5.32 Å². The van der Waals surface area contributed by atoms with Gasteiger partial charge in [-0.25, -0.2) is 9.50 Å². The summed E-state index contributed by atoms with van der Waals surface area (Å²) in [6.45, 7) is 3.76. The third-order valence-corrected chi connectivity index (χ3v) is 4.15. The molecule has 0 radical (unpaired) electrons. The van der Waals surface area contributed by atoms with E-state index in [1.54, 1.807) is 42.9 Å². The summed E-state index contributed by atoms with van der Waals surface area (Å²) in [4.78, 5) is 4.17. The second-order valence-electron chi connectivity index (χ2n) is 5.75. The topological polar surface area (TPSA) is 85.3 Å². The van der Waals surface area contributed by atoms with Crippen molar-refractivity contribution in [1.82, 2.24) is 34.4 Å². The molecule has 1 N–H and O–H groups in total. The summed E-state index contributed by atoms with van der Waals surface area (Å²) >= 11 is 0. The Balaban J connectivity index is 1.74. The van der Waals surface area contributed by atoms with Gasteiger partial charge in [0.25, 0.3) is 5.82 Å². The highest BCUT2D eigenvalue weighted by atomic mass is 19.4. The zero-order valence-electron chi connectivity index (χ0n) is 13.8. The van der Waals surface area contributed by atoms with Crippen LogP contribution in [0.15, 0.2) is 24.5 Å². The molecule has 0 saturated heterocycles. The highest BCUT2D eigenvalue weighted by Crippen LogP contribution is 2.29. The molecule has 0 aliphatic rings. The molecule has 4 heterocycles. The predicted octanol–water partition coefficient (Wildman–Crippen LogP) is 2.41. The zero-order valence-corrected chi connectivity index (χ0v) is 13.8. The first-order valence-corrected chi connectivity index (χ1v) is 7.67. The lowest BCUT2D eigenvalue weighted by atomic mass is 10.2. The summed E-state index contributed by atoms with van der Waals surface area (Å²) < 4.78 is 41.7. The summed E-state index contributed by atoms with van der Waals surface area (Å²) in [7, 11) is 0. The molecule has 0 aromatic carbocycles. The Bertz CT molecular complexity index is 1110. The largest absolute Gasteiger partial charge is 0.453 e. The molecular weight excluding hydrogens is 349 g/mol. The number of alkyl halides is 3. The van der Waals surface area contributed by atoms with Crippen molar-refractivity contribution < 1.29 is 13.2 Å². The maximum atomic E-state index is 13.1. The monoisotopic (exact) mass is 362 g/mol. The first-order chi connectivity index (χ1) is 12.4. The van der Waals surface area contributed by atoms with Gasteiger partial charge in [-0.05, 0) is 25.5 Å². The van der Waals surface area contributed by atoms with Gasteiger partial charge < -0.3 is 5.32 Å². The smallest absolute Gasteiger partial charge is 0.363 e. The molecule has 0 aliphatic heterocycles. The van der Waals surface area contributed by atoms with Crippen molar-refractivity contribution in [3.8, 4) is 0 Å². The number of hydrogen-bond acceptors (Lipinski definition) is 6. The third kappa shape index (κ3) is 2.52. The molecule has 0 fully saturated rings. The van der Waals surface area contributed by atoms with E-state index in [-0.39, 0.29) is 5.65 Å². The maximum absolute atomic E-state index is 13.1. The second-order valence-corrected chi connectivity index (χ2v) is 5.75. The number of halogens is 3. The van der Waals surface area contributed by atoms with E-state index in [1.165, 1.54) is 0 Å². The molecule has 26 heavy (non-hydrogen) atoms. The summed E-state index contributed by atoms with van der Waals surface area (Å²) in [6, 6.07) is 3.53. The lowest BCUT2D eigenvalue weighted by Crippen LogP contribution is -2.15. The van der Waals surface area contributed by atoms with Crippen LogP contribution in [0.25, 0.3) is 11.3 Å². The molecule has 0 unspecified atom stereocenters. The molecule has 4 aromatic heterocycles. The summed E-state index contributed by atoms with van der Waals surface area (Å²) in [5.74, 6) is -0.838. The average molecular weight is 362 g/mol. The van der Waals surface area contributed by atoms with Gasteiger partial charge in [0.2, 0.25) is 0 Å². The molecule has 134 valence electrons. The van der Waals surface area contributed by atoms with Gasteiger partial charge in [-0.1, -0.05) is 0 Å². The van der Waals surface area contributed by atoms with Gasteiger partial charge in [-0.2, -0.15) is 22.8 Å². The van der Waals surface area contributed by atoms with Gasteiger partial charge in [-0.3, -0.25) is 0 Å². The fourth-order valence-corrected chi connectivity index (χ4v) is 2.67. The van der Waals surface area contributed by atoms with Crippen LogP contribution >= 0.6 is 0 Å².